The van der Waals surface area contributed by atoms with Crippen LogP contribution in [0.2, 0.25) is 0 Å². The number of carbonyl (C=O) groups is 1. The van der Waals surface area contributed by atoms with E-state index in [1.54, 1.807) is 0 Å². The monoisotopic (exact) mass is 223 g/mol. The molecular formula is C14H25NO. The zero-order chi connectivity index (χ0) is 12.1. The number of rotatable bonds is 2. The molecule has 3 atom stereocenters. The Labute approximate surface area is 99.4 Å². The molecule has 1 aliphatic heterocycles. The van der Waals surface area contributed by atoms with E-state index in [1.165, 1.54) is 12.8 Å². The van der Waals surface area contributed by atoms with Gasteiger partial charge in [0.15, 0.2) is 5.78 Å². The number of hydrogen-bond donors (Lipinski definition) is 0. The highest BCUT2D eigenvalue weighted by Gasteiger charge is 2.53. The first-order valence-electron chi connectivity index (χ1n) is 6.58. The summed E-state index contributed by atoms with van der Waals surface area (Å²) in [6, 6.07) is 0.201. The van der Waals surface area contributed by atoms with Crippen LogP contribution in [0.15, 0.2) is 0 Å². The van der Waals surface area contributed by atoms with Gasteiger partial charge in [-0.15, -0.1) is 0 Å². The van der Waals surface area contributed by atoms with Crippen LogP contribution in [0.1, 0.15) is 40.5 Å². The molecule has 0 amide bonds. The first-order valence-corrected chi connectivity index (χ1v) is 6.58. The Bertz CT molecular complexity index is 295. The molecule has 2 nitrogen and oxygen atoms in total. The number of carbonyl (C=O) groups excluding carboxylic acids is 1. The summed E-state index contributed by atoms with van der Waals surface area (Å²) >= 11 is 0. The van der Waals surface area contributed by atoms with Gasteiger partial charge in [0.1, 0.15) is 0 Å². The molecule has 1 aliphatic carbocycles. The molecule has 92 valence electrons. The van der Waals surface area contributed by atoms with Crippen molar-refractivity contribution >= 4 is 5.78 Å². The summed E-state index contributed by atoms with van der Waals surface area (Å²) in [5.41, 5.74) is 0.435. The molecular weight excluding hydrogens is 198 g/mol. The fraction of sp³-hybridized carbons (Fsp3) is 0.929. The number of fused-ring (bicyclic) bond motifs is 1. The molecule has 0 spiro atoms. The van der Waals surface area contributed by atoms with Gasteiger partial charge in [-0.2, -0.15) is 0 Å². The normalized spacial score (nSPS) is 38.0. The van der Waals surface area contributed by atoms with Crippen molar-refractivity contribution in [2.75, 3.05) is 13.6 Å². The zero-order valence-corrected chi connectivity index (χ0v) is 11.3. The Balaban J connectivity index is 2.20. The Morgan fingerprint density at radius 1 is 1.38 bits per heavy atom. The van der Waals surface area contributed by atoms with E-state index in [4.69, 9.17) is 0 Å². The van der Waals surface area contributed by atoms with Crippen LogP contribution in [0.4, 0.5) is 0 Å². The fourth-order valence-electron chi connectivity index (χ4n) is 3.79. The second-order valence-corrected chi connectivity index (χ2v) is 6.74. The first-order chi connectivity index (χ1) is 7.34. The largest absolute Gasteiger partial charge is 0.298 e. The predicted molar refractivity (Wildman–Crippen MR) is 66.3 cm³/mol. The average molecular weight is 223 g/mol. The van der Waals surface area contributed by atoms with Crippen molar-refractivity contribution in [3.05, 3.63) is 0 Å². The highest BCUT2D eigenvalue weighted by molar-refractivity contribution is 5.86. The van der Waals surface area contributed by atoms with Gasteiger partial charge >= 0.3 is 0 Å². The van der Waals surface area contributed by atoms with Gasteiger partial charge in [0, 0.05) is 12.5 Å². The quantitative estimate of drug-likeness (QED) is 0.717. The SMILES string of the molecule is CC(C)C(=O)C1[C@H]2CCC(C)(C)[C@H]2CN1C. The summed E-state index contributed by atoms with van der Waals surface area (Å²) in [4.78, 5) is 14.6. The second kappa shape index (κ2) is 3.83. The van der Waals surface area contributed by atoms with Crippen LogP contribution in [0.3, 0.4) is 0 Å². The smallest absolute Gasteiger partial charge is 0.152 e. The van der Waals surface area contributed by atoms with E-state index in [2.05, 4.69) is 25.8 Å². The first kappa shape index (κ1) is 12.1. The van der Waals surface area contributed by atoms with E-state index in [1.807, 2.05) is 13.8 Å². The molecule has 1 unspecified atom stereocenters. The van der Waals surface area contributed by atoms with E-state index in [0.29, 0.717) is 17.1 Å². The predicted octanol–water partition coefficient (Wildman–Crippen LogP) is 2.58. The van der Waals surface area contributed by atoms with E-state index in [-0.39, 0.29) is 12.0 Å². The van der Waals surface area contributed by atoms with Gasteiger partial charge in [-0.3, -0.25) is 9.69 Å². The van der Waals surface area contributed by atoms with Crippen molar-refractivity contribution in [1.82, 2.24) is 4.90 Å². The summed E-state index contributed by atoms with van der Waals surface area (Å²) < 4.78 is 0. The molecule has 1 saturated heterocycles. The van der Waals surface area contributed by atoms with E-state index in [0.717, 1.165) is 12.5 Å². The third-order valence-electron chi connectivity index (χ3n) is 4.87. The lowest BCUT2D eigenvalue weighted by Gasteiger charge is -2.25. The standard InChI is InChI=1S/C14H25NO/c1-9(2)13(16)12-10-6-7-14(3,4)11(10)8-15(12)5/h9-12H,6-8H2,1-5H3/t10-,11-,12?/m0/s1. The molecule has 2 rings (SSSR count). The Hall–Kier alpha value is -0.370. The molecule has 0 N–H and O–H groups in total. The molecule has 0 aromatic carbocycles. The van der Waals surface area contributed by atoms with Crippen molar-refractivity contribution in [3.63, 3.8) is 0 Å². The maximum Gasteiger partial charge on any atom is 0.152 e. The van der Waals surface area contributed by atoms with E-state index >= 15 is 0 Å². The van der Waals surface area contributed by atoms with Gasteiger partial charge in [0.05, 0.1) is 6.04 Å². The molecule has 1 heterocycles. The number of hydrogen-bond acceptors (Lipinski definition) is 2. The zero-order valence-electron chi connectivity index (χ0n) is 11.3. The number of ketones is 1. The molecule has 0 bridgehead atoms. The molecule has 1 saturated carbocycles. The average Bonchev–Trinajstić information content (AvgIpc) is 2.64. The maximum absolute atomic E-state index is 12.3. The molecule has 0 aromatic heterocycles. The van der Waals surface area contributed by atoms with Gasteiger partial charge in [0.2, 0.25) is 0 Å². The van der Waals surface area contributed by atoms with Crippen molar-refractivity contribution < 1.29 is 4.79 Å². The summed E-state index contributed by atoms with van der Waals surface area (Å²) in [6.45, 7) is 9.91. The van der Waals surface area contributed by atoms with Crippen LogP contribution in [-0.4, -0.2) is 30.3 Å². The van der Waals surface area contributed by atoms with Crippen LogP contribution in [0.25, 0.3) is 0 Å². The van der Waals surface area contributed by atoms with E-state index in [9.17, 15) is 4.79 Å². The molecule has 2 aliphatic rings. The number of nitrogens with zero attached hydrogens (tertiary/aromatic N) is 1. The summed E-state index contributed by atoms with van der Waals surface area (Å²) in [7, 11) is 2.12. The molecule has 2 fully saturated rings. The van der Waals surface area contributed by atoms with Gasteiger partial charge in [0.25, 0.3) is 0 Å². The Morgan fingerprint density at radius 2 is 2.00 bits per heavy atom. The van der Waals surface area contributed by atoms with Crippen LogP contribution >= 0.6 is 0 Å². The molecule has 2 heteroatoms. The van der Waals surface area contributed by atoms with Crippen molar-refractivity contribution in [2.45, 2.75) is 46.6 Å². The molecule has 16 heavy (non-hydrogen) atoms. The highest BCUT2D eigenvalue weighted by atomic mass is 16.1. The summed E-state index contributed by atoms with van der Waals surface area (Å²) in [5, 5.41) is 0. The van der Waals surface area contributed by atoms with Crippen LogP contribution in [0.5, 0.6) is 0 Å². The third-order valence-corrected chi connectivity index (χ3v) is 4.87. The van der Waals surface area contributed by atoms with Gasteiger partial charge < -0.3 is 0 Å². The van der Waals surface area contributed by atoms with Crippen LogP contribution in [-0.2, 0) is 4.79 Å². The van der Waals surface area contributed by atoms with Crippen LogP contribution in [0, 0.1) is 23.2 Å². The van der Waals surface area contributed by atoms with Gasteiger partial charge in [-0.25, -0.2) is 0 Å². The second-order valence-electron chi connectivity index (χ2n) is 6.74. The van der Waals surface area contributed by atoms with Crippen molar-refractivity contribution in [2.24, 2.45) is 23.2 Å². The lowest BCUT2D eigenvalue weighted by atomic mass is 9.78. The topological polar surface area (TPSA) is 20.3 Å². The molecule has 0 aromatic rings. The lowest BCUT2D eigenvalue weighted by molar-refractivity contribution is -0.127. The summed E-state index contributed by atoms with van der Waals surface area (Å²) in [6.07, 6.45) is 2.53. The number of likely N-dealkylation sites (N-methyl/N-ethyl adjacent to an activating group) is 1. The minimum atomic E-state index is 0.176. The van der Waals surface area contributed by atoms with Crippen molar-refractivity contribution in [1.29, 1.82) is 0 Å². The van der Waals surface area contributed by atoms with Crippen LogP contribution < -0.4 is 0 Å². The Kier molecular flexibility index (Phi) is 2.90. The van der Waals surface area contributed by atoms with Crippen molar-refractivity contribution in [3.8, 4) is 0 Å². The third kappa shape index (κ3) is 1.71. The number of Topliss-reactive ketones (excluding diaryl/α,β-unsaturated/α-hetero) is 1. The fourth-order valence-corrected chi connectivity index (χ4v) is 3.79. The van der Waals surface area contributed by atoms with E-state index < -0.39 is 0 Å². The minimum Gasteiger partial charge on any atom is -0.298 e. The molecule has 0 radical (unpaired) electrons. The van der Waals surface area contributed by atoms with Gasteiger partial charge in [-0.1, -0.05) is 27.7 Å². The summed E-state index contributed by atoms with van der Waals surface area (Å²) in [5.74, 6) is 1.97. The Morgan fingerprint density at radius 3 is 2.56 bits per heavy atom. The minimum absolute atomic E-state index is 0.176. The lowest BCUT2D eigenvalue weighted by Crippen LogP contribution is -2.39. The van der Waals surface area contributed by atoms with Gasteiger partial charge in [-0.05, 0) is 37.1 Å². The maximum atomic E-state index is 12.3. The highest BCUT2D eigenvalue weighted by Crippen LogP contribution is 2.52. The number of likely N-dealkylation sites (tertiary alicyclic amines) is 1.